The normalized spacial score (nSPS) is 20.5. The second-order valence-electron chi connectivity index (χ2n) is 12.2. The van der Waals surface area contributed by atoms with Gasteiger partial charge in [0.25, 0.3) is 0 Å². The summed E-state index contributed by atoms with van der Waals surface area (Å²) in [6.07, 6.45) is 11.6. The van der Waals surface area contributed by atoms with Crippen molar-refractivity contribution in [1.29, 1.82) is 0 Å². The summed E-state index contributed by atoms with van der Waals surface area (Å²) in [5.74, 6) is 2.70. The molecule has 0 spiro atoms. The molecule has 1 aromatic carbocycles. The van der Waals surface area contributed by atoms with Crippen molar-refractivity contribution in [3.8, 4) is 17.2 Å². The number of aromatic nitrogens is 4. The number of carbonyl (C=O) groups is 1. The Labute approximate surface area is 287 Å². The lowest BCUT2D eigenvalue weighted by atomic mass is 9.92. The van der Waals surface area contributed by atoms with Gasteiger partial charge in [-0.2, -0.15) is 9.97 Å². The van der Waals surface area contributed by atoms with E-state index < -0.39 is 6.09 Å². The Morgan fingerprint density at radius 3 is 2.11 bits per heavy atom. The van der Waals surface area contributed by atoms with Crippen molar-refractivity contribution in [3.05, 3.63) is 18.5 Å². The first kappa shape index (κ1) is 36.4. The fourth-order valence-corrected chi connectivity index (χ4v) is 6.67. The summed E-state index contributed by atoms with van der Waals surface area (Å²) in [6.45, 7) is 1.14. The Bertz CT molecular complexity index is 1450. The standard InChI is InChI=1S/C31H45N9O5.2ClH/c1-42-24-16-22(17-25(43-2)27(24)44-3)36-31(41)45-39-14-12-21(13-15-39)34-28-26-29(40(18-33-26)23-6-4-5-7-23)38-30(37-28)35-20-10-8-19(32)9-11-20;;/h16-21,23H,4-15,32H2,1-3H3,(H,36,41)(H2,34,35,37,38);2*1H/t19-,20-;;. The predicted octanol–water partition coefficient (Wildman–Crippen LogP) is 5.53. The van der Waals surface area contributed by atoms with E-state index in [4.69, 9.17) is 39.7 Å². The molecule has 16 heteroatoms. The maximum absolute atomic E-state index is 12.7. The lowest BCUT2D eigenvalue weighted by molar-refractivity contribution is -0.106. The highest BCUT2D eigenvalue weighted by molar-refractivity contribution is 5.86. The van der Waals surface area contributed by atoms with E-state index in [0.717, 1.165) is 68.3 Å². The Kier molecular flexibility index (Phi) is 12.8. The summed E-state index contributed by atoms with van der Waals surface area (Å²) in [7, 11) is 4.58. The molecular formula is C31H47Cl2N9O5. The molecule has 14 nitrogen and oxygen atoms in total. The number of rotatable bonds is 10. The van der Waals surface area contributed by atoms with Crippen LogP contribution in [0.1, 0.15) is 70.3 Å². The number of ether oxygens (including phenoxy) is 3. The van der Waals surface area contributed by atoms with Gasteiger partial charge in [-0.1, -0.05) is 12.8 Å². The summed E-state index contributed by atoms with van der Waals surface area (Å²) in [4.78, 5) is 33.0. The zero-order chi connectivity index (χ0) is 31.3. The van der Waals surface area contributed by atoms with E-state index in [2.05, 4.69) is 20.5 Å². The molecule has 6 rings (SSSR count). The van der Waals surface area contributed by atoms with Crippen LogP contribution in [0.15, 0.2) is 18.5 Å². The van der Waals surface area contributed by atoms with E-state index in [9.17, 15) is 4.79 Å². The van der Waals surface area contributed by atoms with Crippen LogP contribution in [0.3, 0.4) is 0 Å². The molecule has 260 valence electrons. The van der Waals surface area contributed by atoms with E-state index in [1.165, 1.54) is 34.2 Å². The van der Waals surface area contributed by atoms with Gasteiger partial charge in [0.15, 0.2) is 28.5 Å². The number of amides is 1. The molecule has 1 saturated heterocycles. The average Bonchev–Trinajstić information content (AvgIpc) is 3.73. The van der Waals surface area contributed by atoms with Crippen LogP contribution >= 0.6 is 24.8 Å². The summed E-state index contributed by atoms with van der Waals surface area (Å²) in [5, 5.41) is 11.7. The number of anilines is 3. The molecular weight excluding hydrogens is 649 g/mol. The van der Waals surface area contributed by atoms with E-state index in [0.29, 0.717) is 54.1 Å². The number of nitrogens with one attached hydrogen (secondary N) is 3. The molecule has 3 aromatic rings. The topological polar surface area (TPSA) is 163 Å². The molecule has 3 aliphatic rings. The Morgan fingerprint density at radius 2 is 1.49 bits per heavy atom. The van der Waals surface area contributed by atoms with Crippen molar-refractivity contribution >= 4 is 59.5 Å². The van der Waals surface area contributed by atoms with E-state index in [1.807, 2.05) is 6.33 Å². The first-order valence-corrected chi connectivity index (χ1v) is 16.0. The highest BCUT2D eigenvalue weighted by Gasteiger charge is 2.27. The SMILES string of the molecule is COc1cc(NC(=O)ON2CCC(Nc3nc(N[C@H]4CC[C@H](N)CC4)nc4c3ncn4C3CCCC3)CC2)cc(OC)c1OC.Cl.Cl. The van der Waals surface area contributed by atoms with Crippen LogP contribution in [0.5, 0.6) is 17.2 Å². The third-order valence-corrected chi connectivity index (χ3v) is 9.16. The summed E-state index contributed by atoms with van der Waals surface area (Å²) in [5.41, 5.74) is 8.28. The van der Waals surface area contributed by atoms with E-state index in [1.54, 1.807) is 17.2 Å². The molecule has 3 fully saturated rings. The smallest absolute Gasteiger partial charge is 0.430 e. The second kappa shape index (κ2) is 16.6. The lowest BCUT2D eigenvalue weighted by Crippen LogP contribution is -2.41. The molecule has 0 bridgehead atoms. The number of nitrogens with zero attached hydrogens (tertiary/aromatic N) is 5. The van der Waals surface area contributed by atoms with Gasteiger partial charge in [-0.3, -0.25) is 5.32 Å². The van der Waals surface area contributed by atoms with Crippen LogP contribution in [0.25, 0.3) is 11.2 Å². The van der Waals surface area contributed by atoms with Crippen molar-refractivity contribution in [1.82, 2.24) is 24.6 Å². The third kappa shape index (κ3) is 8.53. The first-order valence-electron chi connectivity index (χ1n) is 16.0. The summed E-state index contributed by atoms with van der Waals surface area (Å²) < 4.78 is 18.3. The van der Waals surface area contributed by atoms with Crippen LogP contribution in [-0.2, 0) is 4.84 Å². The van der Waals surface area contributed by atoms with Crippen molar-refractivity contribution in [3.63, 3.8) is 0 Å². The molecule has 2 aromatic heterocycles. The van der Waals surface area contributed by atoms with Gasteiger partial charge in [-0.05, 0) is 51.4 Å². The Morgan fingerprint density at radius 1 is 0.851 bits per heavy atom. The molecule has 1 amide bonds. The number of hydrogen-bond donors (Lipinski definition) is 4. The molecule has 0 atom stereocenters. The monoisotopic (exact) mass is 695 g/mol. The van der Waals surface area contributed by atoms with Crippen LogP contribution in [0, 0.1) is 0 Å². The molecule has 3 heterocycles. The molecule has 1 aliphatic heterocycles. The maximum atomic E-state index is 12.7. The van der Waals surface area contributed by atoms with Gasteiger partial charge in [0, 0.05) is 49.4 Å². The third-order valence-electron chi connectivity index (χ3n) is 9.16. The second-order valence-corrected chi connectivity index (χ2v) is 12.2. The number of imidazole rings is 1. The Balaban J connectivity index is 0.00000250. The Hall–Kier alpha value is -3.46. The van der Waals surface area contributed by atoms with Gasteiger partial charge in [-0.25, -0.2) is 9.78 Å². The fraction of sp³-hybridized carbons (Fsp3) is 0.613. The van der Waals surface area contributed by atoms with Crippen LogP contribution in [0.2, 0.25) is 0 Å². The van der Waals surface area contributed by atoms with Crippen LogP contribution < -0.4 is 35.9 Å². The first-order chi connectivity index (χ1) is 21.9. The summed E-state index contributed by atoms with van der Waals surface area (Å²) in [6, 6.07) is 4.46. The molecule has 0 radical (unpaired) electrons. The minimum absolute atomic E-state index is 0. The summed E-state index contributed by atoms with van der Waals surface area (Å²) >= 11 is 0. The number of piperidine rings is 1. The number of methoxy groups -OCH3 is 3. The molecule has 47 heavy (non-hydrogen) atoms. The molecule has 0 unspecified atom stereocenters. The molecule has 2 saturated carbocycles. The predicted molar refractivity (Wildman–Crippen MR) is 186 cm³/mol. The quantitative estimate of drug-likeness (QED) is 0.210. The van der Waals surface area contributed by atoms with Crippen molar-refractivity contribution in [2.45, 2.75) is 88.4 Å². The van der Waals surface area contributed by atoms with Gasteiger partial charge in [-0.15, -0.1) is 29.9 Å². The van der Waals surface area contributed by atoms with Gasteiger partial charge in [0.1, 0.15) is 0 Å². The lowest BCUT2D eigenvalue weighted by Gasteiger charge is -2.31. The number of fused-ring (bicyclic) bond motifs is 1. The van der Waals surface area contributed by atoms with Crippen LogP contribution in [-0.4, -0.2) is 83.2 Å². The number of carbonyl (C=O) groups excluding carboxylic acids is 1. The van der Waals surface area contributed by atoms with E-state index >= 15 is 0 Å². The minimum Gasteiger partial charge on any atom is -0.493 e. The van der Waals surface area contributed by atoms with Gasteiger partial charge in [0.05, 0.1) is 33.3 Å². The molecule has 2 aliphatic carbocycles. The number of hydroxylamine groups is 2. The van der Waals surface area contributed by atoms with Crippen LogP contribution in [0.4, 0.5) is 22.2 Å². The average molecular weight is 697 g/mol. The van der Waals surface area contributed by atoms with Gasteiger partial charge < -0.3 is 40.0 Å². The van der Waals surface area contributed by atoms with Gasteiger partial charge in [0.2, 0.25) is 11.7 Å². The molecule has 5 N–H and O–H groups in total. The minimum atomic E-state index is -0.593. The van der Waals surface area contributed by atoms with Crippen molar-refractivity contribution in [2.75, 3.05) is 50.4 Å². The van der Waals surface area contributed by atoms with Crippen molar-refractivity contribution < 1.29 is 23.8 Å². The van der Waals surface area contributed by atoms with Gasteiger partial charge >= 0.3 is 6.09 Å². The zero-order valence-electron chi connectivity index (χ0n) is 27.2. The number of hydrogen-bond acceptors (Lipinski definition) is 12. The highest BCUT2D eigenvalue weighted by Crippen LogP contribution is 2.40. The van der Waals surface area contributed by atoms with Crippen molar-refractivity contribution in [2.24, 2.45) is 5.73 Å². The zero-order valence-corrected chi connectivity index (χ0v) is 28.8. The highest BCUT2D eigenvalue weighted by atomic mass is 35.5. The largest absolute Gasteiger partial charge is 0.493 e. The fourth-order valence-electron chi connectivity index (χ4n) is 6.67. The number of benzene rings is 1. The number of halogens is 2. The van der Waals surface area contributed by atoms with E-state index in [-0.39, 0.29) is 36.9 Å². The number of nitrogens with two attached hydrogens (primary N) is 1. The maximum Gasteiger partial charge on any atom is 0.430 e.